The normalized spacial score (nSPS) is 13.8. The summed E-state index contributed by atoms with van der Waals surface area (Å²) in [6.45, 7) is 3.31. The Labute approximate surface area is 274 Å². The lowest BCUT2D eigenvalue weighted by Gasteiger charge is -2.15. The maximum atomic E-state index is 12.0. The van der Waals surface area contributed by atoms with Crippen LogP contribution in [0.4, 0.5) is 0 Å². The highest BCUT2D eigenvalue weighted by Crippen LogP contribution is 2.42. The zero-order valence-electron chi connectivity index (χ0n) is 28.6. The highest BCUT2D eigenvalue weighted by atomic mass is 31.2. The number of amides is 1. The molecular weight excluding hydrogens is 593 g/mol. The fraction of sp³-hybridized carbons (Fsp3) is 0.829. The first-order valence-electron chi connectivity index (χ1n) is 17.8. The van der Waals surface area contributed by atoms with E-state index in [0.29, 0.717) is 6.42 Å². The number of phosphoric acid groups is 1. The molecule has 0 aromatic heterocycles. The van der Waals surface area contributed by atoms with Gasteiger partial charge in [-0.25, -0.2) is 4.57 Å². The maximum Gasteiger partial charge on any atom is 0.472 e. The van der Waals surface area contributed by atoms with Gasteiger partial charge in [-0.3, -0.25) is 18.6 Å². The Kier molecular flexibility index (Phi) is 31.3. The molecule has 0 aliphatic carbocycles. The smallest absolute Gasteiger partial charge is 0.463 e. The third-order valence-corrected chi connectivity index (χ3v) is 8.37. The molecule has 45 heavy (non-hydrogen) atoms. The van der Waals surface area contributed by atoms with Gasteiger partial charge in [-0.05, 0) is 44.9 Å². The van der Waals surface area contributed by atoms with E-state index in [0.717, 1.165) is 44.9 Å². The summed E-state index contributed by atoms with van der Waals surface area (Å²) in [6.07, 6.45) is 32.0. The first-order valence-corrected chi connectivity index (χ1v) is 19.3. The number of ether oxygens (including phenoxy) is 1. The van der Waals surface area contributed by atoms with E-state index in [4.69, 9.17) is 13.8 Å². The van der Waals surface area contributed by atoms with Crippen LogP contribution in [0, 0.1) is 0 Å². The van der Waals surface area contributed by atoms with Crippen LogP contribution in [-0.4, -0.2) is 54.3 Å². The maximum absolute atomic E-state index is 12.0. The van der Waals surface area contributed by atoms with Crippen LogP contribution in [0.25, 0.3) is 0 Å². The van der Waals surface area contributed by atoms with Crippen molar-refractivity contribution in [3.8, 4) is 0 Å². The number of aliphatic hydroxyl groups excluding tert-OH is 1. The van der Waals surface area contributed by atoms with Crippen LogP contribution >= 0.6 is 7.82 Å². The van der Waals surface area contributed by atoms with Crippen molar-refractivity contribution < 1.29 is 37.9 Å². The van der Waals surface area contributed by atoms with Gasteiger partial charge in [-0.1, -0.05) is 122 Å². The molecule has 0 rings (SSSR count). The molecular formula is C35H66NO8P. The number of carbonyl (C=O) groups is 2. The molecule has 0 aromatic rings. The van der Waals surface area contributed by atoms with Gasteiger partial charge in [0, 0.05) is 19.4 Å². The third-order valence-electron chi connectivity index (χ3n) is 7.38. The first kappa shape index (κ1) is 43.5. The highest BCUT2D eigenvalue weighted by molar-refractivity contribution is 7.47. The first-order chi connectivity index (χ1) is 21.8. The Morgan fingerprint density at radius 3 is 1.80 bits per heavy atom. The molecule has 1 amide bonds. The van der Waals surface area contributed by atoms with Gasteiger partial charge in [0.15, 0.2) is 0 Å². The molecule has 2 atom stereocenters. The number of allylic oxidation sites excluding steroid dienone is 4. The molecule has 0 aliphatic rings. The quantitative estimate of drug-likeness (QED) is 0.0276. The minimum atomic E-state index is -4.39. The summed E-state index contributed by atoms with van der Waals surface area (Å²) < 4.78 is 26.4. The molecule has 0 fully saturated rings. The molecule has 0 saturated carbocycles. The van der Waals surface area contributed by atoms with Crippen molar-refractivity contribution in [3.05, 3.63) is 24.3 Å². The van der Waals surface area contributed by atoms with Gasteiger partial charge in [0.1, 0.15) is 12.7 Å². The number of esters is 1. The van der Waals surface area contributed by atoms with Crippen LogP contribution < -0.4 is 5.32 Å². The zero-order chi connectivity index (χ0) is 33.3. The summed E-state index contributed by atoms with van der Waals surface area (Å²) in [5.74, 6) is -0.543. The van der Waals surface area contributed by atoms with Gasteiger partial charge in [0.05, 0.1) is 13.2 Å². The average Bonchev–Trinajstić information content (AvgIpc) is 3.02. The van der Waals surface area contributed by atoms with Crippen LogP contribution in [-0.2, 0) is 27.9 Å². The number of phosphoric ester groups is 1. The Morgan fingerprint density at radius 2 is 1.20 bits per heavy atom. The van der Waals surface area contributed by atoms with Crippen LogP contribution in [0.3, 0.4) is 0 Å². The molecule has 2 unspecified atom stereocenters. The number of hydrogen-bond donors (Lipinski definition) is 3. The van der Waals surface area contributed by atoms with Gasteiger partial charge < -0.3 is 20.1 Å². The number of unbranched alkanes of at least 4 members (excludes halogenated alkanes) is 16. The lowest BCUT2D eigenvalue weighted by Crippen LogP contribution is -2.27. The van der Waals surface area contributed by atoms with E-state index in [1.165, 1.54) is 83.5 Å². The number of carbonyl (C=O) groups excluding carboxylic acids is 2. The Bertz CT molecular complexity index is 805. The van der Waals surface area contributed by atoms with E-state index >= 15 is 0 Å². The fourth-order valence-corrected chi connectivity index (χ4v) is 5.40. The van der Waals surface area contributed by atoms with Gasteiger partial charge >= 0.3 is 13.8 Å². The monoisotopic (exact) mass is 659 g/mol. The molecule has 0 radical (unpaired) electrons. The van der Waals surface area contributed by atoms with Crippen LogP contribution in [0.15, 0.2) is 24.3 Å². The Balaban J connectivity index is 3.52. The van der Waals surface area contributed by atoms with Crippen LogP contribution in [0.2, 0.25) is 0 Å². The van der Waals surface area contributed by atoms with E-state index < -0.39 is 26.5 Å². The fourth-order valence-electron chi connectivity index (χ4n) is 4.64. The van der Waals surface area contributed by atoms with Crippen molar-refractivity contribution in [1.82, 2.24) is 5.32 Å². The lowest BCUT2D eigenvalue weighted by atomic mass is 10.0. The van der Waals surface area contributed by atoms with Crippen molar-refractivity contribution in [2.24, 2.45) is 0 Å². The minimum Gasteiger partial charge on any atom is -0.463 e. The van der Waals surface area contributed by atoms with Gasteiger partial charge in [-0.15, -0.1) is 0 Å². The molecule has 0 bridgehead atoms. The number of aliphatic hydroxyl groups is 1. The van der Waals surface area contributed by atoms with Crippen molar-refractivity contribution >= 4 is 19.7 Å². The Hall–Kier alpha value is -1.51. The summed E-state index contributed by atoms with van der Waals surface area (Å²) >= 11 is 0. The second-order valence-corrected chi connectivity index (χ2v) is 13.3. The molecule has 10 heteroatoms. The second kappa shape index (κ2) is 32.4. The number of hydrogen-bond acceptors (Lipinski definition) is 7. The summed E-state index contributed by atoms with van der Waals surface area (Å²) in [5, 5.41) is 12.5. The number of rotatable bonds is 33. The summed E-state index contributed by atoms with van der Waals surface area (Å²) in [6, 6.07) is 0. The van der Waals surface area contributed by atoms with Crippen molar-refractivity contribution in [2.45, 2.75) is 161 Å². The molecule has 3 N–H and O–H groups in total. The molecule has 0 aliphatic heterocycles. The summed E-state index contributed by atoms with van der Waals surface area (Å²) in [5.41, 5.74) is 0. The predicted octanol–water partition coefficient (Wildman–Crippen LogP) is 8.87. The summed E-state index contributed by atoms with van der Waals surface area (Å²) in [4.78, 5) is 33.2. The topological polar surface area (TPSA) is 131 Å². The molecule has 0 saturated heterocycles. The SMILES string of the molecule is CCCCC/C=C\C/C=C\CCCCCCCCCCCCCC(=O)NCCOP(=O)(O)OCC(O)COC(=O)CCCCC. The zero-order valence-corrected chi connectivity index (χ0v) is 29.5. The predicted molar refractivity (Wildman–Crippen MR) is 183 cm³/mol. The van der Waals surface area contributed by atoms with Crippen molar-refractivity contribution in [1.29, 1.82) is 0 Å². The standard InChI is InChI=1S/C35H66NO8P/c1-3-5-7-8-9-10-11-12-13-14-15-16-17-18-19-20-21-22-23-24-26-27-34(38)36-29-30-43-45(40,41)44-32-33(37)31-42-35(39)28-25-6-4-2/h9-10,12-13,33,37H,3-8,11,14-32H2,1-2H3,(H,36,38)(H,40,41)/b10-9-,13-12-. The van der Waals surface area contributed by atoms with Crippen LogP contribution in [0.5, 0.6) is 0 Å². The van der Waals surface area contributed by atoms with Crippen LogP contribution in [0.1, 0.15) is 155 Å². The molecule has 9 nitrogen and oxygen atoms in total. The second-order valence-electron chi connectivity index (χ2n) is 11.8. The summed E-state index contributed by atoms with van der Waals surface area (Å²) in [7, 11) is -4.39. The molecule has 0 heterocycles. The molecule has 0 spiro atoms. The molecule has 264 valence electrons. The van der Waals surface area contributed by atoms with E-state index in [2.05, 4.69) is 36.5 Å². The van der Waals surface area contributed by atoms with Crippen molar-refractivity contribution in [2.75, 3.05) is 26.4 Å². The largest absolute Gasteiger partial charge is 0.472 e. The van der Waals surface area contributed by atoms with E-state index in [-0.39, 0.29) is 32.1 Å². The van der Waals surface area contributed by atoms with E-state index in [1.54, 1.807) is 0 Å². The Morgan fingerprint density at radius 1 is 0.689 bits per heavy atom. The minimum absolute atomic E-state index is 0.0816. The molecule has 0 aromatic carbocycles. The van der Waals surface area contributed by atoms with Gasteiger partial charge in [0.25, 0.3) is 0 Å². The lowest BCUT2D eigenvalue weighted by molar-refractivity contribution is -0.147. The number of nitrogens with one attached hydrogen (secondary N) is 1. The van der Waals surface area contributed by atoms with E-state index in [9.17, 15) is 24.2 Å². The van der Waals surface area contributed by atoms with E-state index in [1.807, 2.05) is 6.92 Å². The highest BCUT2D eigenvalue weighted by Gasteiger charge is 2.23. The van der Waals surface area contributed by atoms with Crippen molar-refractivity contribution in [3.63, 3.8) is 0 Å². The van der Waals surface area contributed by atoms with Gasteiger partial charge in [-0.2, -0.15) is 0 Å². The average molecular weight is 660 g/mol. The van der Waals surface area contributed by atoms with Gasteiger partial charge in [0.2, 0.25) is 5.91 Å². The third kappa shape index (κ3) is 33.7.